The molecule has 5 heteroatoms. The highest BCUT2D eigenvalue weighted by Crippen LogP contribution is 2.17. The maximum absolute atomic E-state index is 12.5. The second-order valence-electron chi connectivity index (χ2n) is 5.37. The van der Waals surface area contributed by atoms with Gasteiger partial charge in [0.1, 0.15) is 0 Å². The summed E-state index contributed by atoms with van der Waals surface area (Å²) >= 11 is 0. The van der Waals surface area contributed by atoms with E-state index in [2.05, 4.69) is 10.6 Å². The van der Waals surface area contributed by atoms with E-state index in [0.717, 1.165) is 5.56 Å². The van der Waals surface area contributed by atoms with Crippen LogP contribution in [-0.4, -0.2) is 35.4 Å². The van der Waals surface area contributed by atoms with Gasteiger partial charge in [-0.15, -0.1) is 0 Å². The van der Waals surface area contributed by atoms with E-state index >= 15 is 0 Å². The standard InChI is InChI=1S/C18H22N2O3/c1-13(14-7-3-2-4-8-14)20-18(23)16-9-5-6-10-17(16)19-11-15(22)12-21/h2-10,13,15,19,21-22H,11-12H2,1H3,(H,20,23). The highest BCUT2D eigenvalue weighted by atomic mass is 16.3. The number of rotatable bonds is 7. The molecule has 0 radical (unpaired) electrons. The highest BCUT2D eigenvalue weighted by molar-refractivity contribution is 5.99. The fourth-order valence-corrected chi connectivity index (χ4v) is 2.23. The average Bonchev–Trinajstić information content (AvgIpc) is 2.60. The lowest BCUT2D eigenvalue weighted by Crippen LogP contribution is -2.28. The van der Waals surface area contributed by atoms with Crippen LogP contribution in [0.1, 0.15) is 28.9 Å². The van der Waals surface area contributed by atoms with Crippen molar-refractivity contribution in [3.63, 3.8) is 0 Å². The molecule has 0 aliphatic rings. The minimum atomic E-state index is -0.866. The fourth-order valence-electron chi connectivity index (χ4n) is 2.23. The molecule has 0 bridgehead atoms. The lowest BCUT2D eigenvalue weighted by atomic mass is 10.1. The number of benzene rings is 2. The van der Waals surface area contributed by atoms with Gasteiger partial charge in [0.05, 0.1) is 24.3 Å². The number of amides is 1. The zero-order valence-electron chi connectivity index (χ0n) is 13.1. The van der Waals surface area contributed by atoms with Crippen molar-refractivity contribution in [1.29, 1.82) is 0 Å². The average molecular weight is 314 g/mol. The molecule has 0 aliphatic carbocycles. The van der Waals surface area contributed by atoms with Crippen molar-refractivity contribution >= 4 is 11.6 Å². The van der Waals surface area contributed by atoms with Gasteiger partial charge in [-0.25, -0.2) is 0 Å². The van der Waals surface area contributed by atoms with Gasteiger partial charge >= 0.3 is 0 Å². The van der Waals surface area contributed by atoms with E-state index in [-0.39, 0.29) is 25.1 Å². The molecular formula is C18H22N2O3. The molecule has 0 saturated carbocycles. The molecule has 2 atom stereocenters. The summed E-state index contributed by atoms with van der Waals surface area (Å²) in [6.45, 7) is 1.78. The molecule has 0 spiro atoms. The van der Waals surface area contributed by atoms with E-state index in [1.165, 1.54) is 0 Å². The number of aliphatic hydroxyl groups excluding tert-OH is 2. The van der Waals surface area contributed by atoms with Crippen LogP contribution in [0.5, 0.6) is 0 Å². The Bertz CT molecular complexity index is 631. The van der Waals surface area contributed by atoms with Crippen LogP contribution < -0.4 is 10.6 Å². The van der Waals surface area contributed by atoms with E-state index in [1.807, 2.05) is 43.3 Å². The molecule has 0 aliphatic heterocycles. The van der Waals surface area contributed by atoms with Crippen molar-refractivity contribution in [2.24, 2.45) is 0 Å². The van der Waals surface area contributed by atoms with Gasteiger partial charge in [-0.1, -0.05) is 42.5 Å². The Morgan fingerprint density at radius 3 is 2.43 bits per heavy atom. The van der Waals surface area contributed by atoms with E-state index in [4.69, 9.17) is 5.11 Å². The number of carbonyl (C=O) groups excluding carboxylic acids is 1. The Hall–Kier alpha value is -2.37. The normalized spacial score (nSPS) is 13.2. The van der Waals surface area contributed by atoms with E-state index in [9.17, 15) is 9.90 Å². The third-order valence-corrected chi connectivity index (χ3v) is 3.56. The van der Waals surface area contributed by atoms with Gasteiger partial charge < -0.3 is 20.8 Å². The Kier molecular flexibility index (Phi) is 6.14. The lowest BCUT2D eigenvalue weighted by Gasteiger charge is -2.17. The van der Waals surface area contributed by atoms with Crippen molar-refractivity contribution in [1.82, 2.24) is 5.32 Å². The van der Waals surface area contributed by atoms with Gasteiger partial charge in [0.2, 0.25) is 0 Å². The quantitative estimate of drug-likeness (QED) is 0.629. The number of carbonyl (C=O) groups is 1. The first kappa shape index (κ1) is 17.0. The molecule has 0 heterocycles. The van der Waals surface area contributed by atoms with Crippen LogP contribution in [0.15, 0.2) is 54.6 Å². The molecule has 1 amide bonds. The monoisotopic (exact) mass is 314 g/mol. The first-order chi connectivity index (χ1) is 11.1. The summed E-state index contributed by atoms with van der Waals surface area (Å²) in [5.41, 5.74) is 2.15. The minimum Gasteiger partial charge on any atom is -0.394 e. The summed E-state index contributed by atoms with van der Waals surface area (Å²) in [5.74, 6) is -0.192. The summed E-state index contributed by atoms with van der Waals surface area (Å²) in [5, 5.41) is 24.2. The third kappa shape index (κ3) is 4.81. The molecule has 2 unspecified atom stereocenters. The second kappa shape index (κ2) is 8.31. The summed E-state index contributed by atoms with van der Waals surface area (Å²) in [4.78, 5) is 12.5. The highest BCUT2D eigenvalue weighted by Gasteiger charge is 2.15. The maximum Gasteiger partial charge on any atom is 0.253 e. The summed E-state index contributed by atoms with van der Waals surface area (Å²) < 4.78 is 0. The van der Waals surface area contributed by atoms with Gasteiger partial charge in [0, 0.05) is 12.2 Å². The summed E-state index contributed by atoms with van der Waals surface area (Å²) in [6.07, 6.45) is -0.866. The van der Waals surface area contributed by atoms with Crippen LogP contribution in [0.4, 0.5) is 5.69 Å². The largest absolute Gasteiger partial charge is 0.394 e. The second-order valence-corrected chi connectivity index (χ2v) is 5.37. The molecule has 2 aromatic rings. The number of nitrogens with one attached hydrogen (secondary N) is 2. The number of para-hydroxylation sites is 1. The van der Waals surface area contributed by atoms with Crippen LogP contribution in [0.2, 0.25) is 0 Å². The predicted molar refractivity (Wildman–Crippen MR) is 90.3 cm³/mol. The van der Waals surface area contributed by atoms with Crippen LogP contribution in [-0.2, 0) is 0 Å². The lowest BCUT2D eigenvalue weighted by molar-refractivity contribution is 0.0939. The summed E-state index contributed by atoms with van der Waals surface area (Å²) in [7, 11) is 0. The topological polar surface area (TPSA) is 81.6 Å². The van der Waals surface area contributed by atoms with Crippen molar-refractivity contribution in [2.75, 3.05) is 18.5 Å². The Morgan fingerprint density at radius 2 is 1.74 bits per heavy atom. The van der Waals surface area contributed by atoms with Crippen molar-refractivity contribution in [2.45, 2.75) is 19.1 Å². The Morgan fingerprint density at radius 1 is 1.09 bits per heavy atom. The Balaban J connectivity index is 2.07. The van der Waals surface area contributed by atoms with Crippen LogP contribution in [0.3, 0.4) is 0 Å². The molecule has 0 fully saturated rings. The predicted octanol–water partition coefficient (Wildman–Crippen LogP) is 1.94. The number of aliphatic hydroxyl groups is 2. The molecule has 23 heavy (non-hydrogen) atoms. The maximum atomic E-state index is 12.5. The molecule has 5 nitrogen and oxygen atoms in total. The Labute approximate surface area is 136 Å². The first-order valence-corrected chi connectivity index (χ1v) is 7.59. The van der Waals surface area contributed by atoms with Crippen LogP contribution in [0.25, 0.3) is 0 Å². The zero-order chi connectivity index (χ0) is 16.7. The number of hydrogen-bond donors (Lipinski definition) is 4. The summed E-state index contributed by atoms with van der Waals surface area (Å²) in [6, 6.07) is 16.7. The molecule has 2 aromatic carbocycles. The van der Waals surface area contributed by atoms with E-state index in [1.54, 1.807) is 18.2 Å². The van der Waals surface area contributed by atoms with Crippen molar-refractivity contribution in [3.8, 4) is 0 Å². The van der Waals surface area contributed by atoms with Gasteiger partial charge in [-0.05, 0) is 24.6 Å². The van der Waals surface area contributed by atoms with E-state index < -0.39 is 6.10 Å². The smallest absolute Gasteiger partial charge is 0.253 e. The van der Waals surface area contributed by atoms with Crippen molar-refractivity contribution < 1.29 is 15.0 Å². The molecule has 0 saturated heterocycles. The SMILES string of the molecule is CC(NC(=O)c1ccccc1NCC(O)CO)c1ccccc1. The van der Waals surface area contributed by atoms with Gasteiger partial charge in [-0.3, -0.25) is 4.79 Å². The number of hydrogen-bond acceptors (Lipinski definition) is 4. The van der Waals surface area contributed by atoms with Crippen LogP contribution in [0, 0.1) is 0 Å². The van der Waals surface area contributed by atoms with Gasteiger partial charge in [0.15, 0.2) is 0 Å². The fraction of sp³-hybridized carbons (Fsp3) is 0.278. The van der Waals surface area contributed by atoms with E-state index in [0.29, 0.717) is 11.3 Å². The van der Waals surface area contributed by atoms with Gasteiger partial charge in [-0.2, -0.15) is 0 Å². The van der Waals surface area contributed by atoms with Crippen molar-refractivity contribution in [3.05, 3.63) is 65.7 Å². The number of anilines is 1. The first-order valence-electron chi connectivity index (χ1n) is 7.59. The van der Waals surface area contributed by atoms with Crippen LogP contribution >= 0.6 is 0 Å². The van der Waals surface area contributed by atoms with Gasteiger partial charge in [0.25, 0.3) is 5.91 Å². The molecule has 0 aromatic heterocycles. The molecule has 4 N–H and O–H groups in total. The molecular weight excluding hydrogens is 292 g/mol. The minimum absolute atomic E-state index is 0.111. The zero-order valence-corrected chi connectivity index (χ0v) is 13.1. The molecule has 122 valence electrons. The molecule has 2 rings (SSSR count). The third-order valence-electron chi connectivity index (χ3n) is 3.56.